The highest BCUT2D eigenvalue weighted by Gasteiger charge is 2.36. The van der Waals surface area contributed by atoms with Crippen LogP contribution in [-0.4, -0.2) is 65.5 Å². The molecule has 32 heavy (non-hydrogen) atoms. The fourth-order valence-corrected chi connectivity index (χ4v) is 3.33. The van der Waals surface area contributed by atoms with Crippen LogP contribution in [-0.2, 0) is 11.3 Å². The molecule has 0 unspecified atom stereocenters. The molecule has 0 aliphatic carbocycles. The number of aromatic nitrogens is 2. The summed E-state index contributed by atoms with van der Waals surface area (Å²) in [4.78, 5) is 39.8. The number of hydrogen-bond acceptors (Lipinski definition) is 8. The average Bonchev–Trinajstić information content (AvgIpc) is 3.37. The Hall–Kier alpha value is -4.21. The summed E-state index contributed by atoms with van der Waals surface area (Å²) in [6.07, 6.45) is 0. The predicted octanol–water partition coefficient (Wildman–Crippen LogP) is 2.01. The number of rotatable bonds is 7. The van der Waals surface area contributed by atoms with E-state index in [9.17, 15) is 14.4 Å². The Morgan fingerprint density at radius 2 is 1.66 bits per heavy atom. The van der Waals surface area contributed by atoms with Gasteiger partial charge in [-0.15, -0.1) is 10.2 Å². The van der Waals surface area contributed by atoms with Gasteiger partial charge in [-0.05, 0) is 30.3 Å². The Morgan fingerprint density at radius 3 is 2.28 bits per heavy atom. The van der Waals surface area contributed by atoms with Gasteiger partial charge in [-0.25, -0.2) is 0 Å². The van der Waals surface area contributed by atoms with Crippen LogP contribution in [0.4, 0.5) is 0 Å². The maximum Gasteiger partial charge on any atom is 0.262 e. The molecule has 1 aliphatic heterocycles. The largest absolute Gasteiger partial charge is 0.493 e. The fraction of sp³-hybridized carbons (Fsp3) is 0.227. The molecule has 10 heteroatoms. The Bertz CT molecular complexity index is 1170. The molecule has 4 rings (SSSR count). The van der Waals surface area contributed by atoms with Crippen LogP contribution in [0.3, 0.4) is 0 Å². The second-order valence-electron chi connectivity index (χ2n) is 7.06. The van der Waals surface area contributed by atoms with E-state index < -0.39 is 17.7 Å². The summed E-state index contributed by atoms with van der Waals surface area (Å²) in [6.45, 7) is -0.359. The number of fused-ring (bicyclic) bond motifs is 1. The maximum absolute atomic E-state index is 12.6. The molecule has 0 radical (unpaired) electrons. The number of methoxy groups -OCH3 is 2. The summed E-state index contributed by atoms with van der Waals surface area (Å²) in [7, 11) is 4.59. The highest BCUT2D eigenvalue weighted by Crippen LogP contribution is 2.31. The quantitative estimate of drug-likeness (QED) is 0.517. The summed E-state index contributed by atoms with van der Waals surface area (Å²) in [5, 5.41) is 7.99. The van der Waals surface area contributed by atoms with Crippen molar-refractivity contribution < 1.29 is 28.3 Å². The first kappa shape index (κ1) is 21.0. The van der Waals surface area contributed by atoms with Crippen LogP contribution in [0.2, 0.25) is 0 Å². The van der Waals surface area contributed by atoms with Crippen molar-refractivity contribution in [2.75, 3.05) is 27.8 Å². The van der Waals surface area contributed by atoms with E-state index in [2.05, 4.69) is 10.2 Å². The molecule has 0 fully saturated rings. The number of likely N-dealkylation sites (N-methyl/N-ethyl adjacent to an activating group) is 1. The molecule has 3 aromatic rings. The summed E-state index contributed by atoms with van der Waals surface area (Å²) < 4.78 is 16.2. The lowest BCUT2D eigenvalue weighted by Crippen LogP contribution is -2.41. The highest BCUT2D eigenvalue weighted by atomic mass is 16.5. The zero-order valence-electron chi connectivity index (χ0n) is 17.7. The lowest BCUT2D eigenvalue weighted by atomic mass is 10.1. The van der Waals surface area contributed by atoms with Gasteiger partial charge >= 0.3 is 0 Å². The first-order chi connectivity index (χ1) is 15.4. The molecule has 1 aliphatic rings. The number of benzene rings is 2. The van der Waals surface area contributed by atoms with E-state index in [0.717, 1.165) is 4.90 Å². The van der Waals surface area contributed by atoms with Gasteiger partial charge in [0.2, 0.25) is 17.7 Å². The molecule has 0 spiro atoms. The minimum atomic E-state index is -0.485. The third-order valence-electron chi connectivity index (χ3n) is 5.07. The molecule has 0 atom stereocenters. The van der Waals surface area contributed by atoms with Crippen molar-refractivity contribution in [3.8, 4) is 23.0 Å². The second kappa shape index (κ2) is 8.50. The number of ether oxygens (including phenoxy) is 2. The molecule has 0 N–H and O–H groups in total. The van der Waals surface area contributed by atoms with E-state index in [0.29, 0.717) is 28.2 Å². The Labute approximate surface area is 183 Å². The zero-order chi connectivity index (χ0) is 22.8. The van der Waals surface area contributed by atoms with Gasteiger partial charge in [0, 0.05) is 12.6 Å². The normalized spacial score (nSPS) is 12.7. The summed E-state index contributed by atoms with van der Waals surface area (Å²) in [6, 6.07) is 11.6. The molecule has 0 bridgehead atoms. The standard InChI is InChI=1S/C22H20N4O6/c1-25(19(27)12-26-21(28)14-6-4-5-7-15(14)22(26)29)11-18-23-24-20(32-18)13-8-9-16(30-2)17(10-13)31-3/h4-10H,11-12H2,1-3H3. The van der Waals surface area contributed by atoms with Gasteiger partial charge in [0.1, 0.15) is 6.54 Å². The van der Waals surface area contributed by atoms with Crippen molar-refractivity contribution >= 4 is 17.7 Å². The van der Waals surface area contributed by atoms with Crippen LogP contribution in [0.15, 0.2) is 46.9 Å². The van der Waals surface area contributed by atoms with Crippen molar-refractivity contribution in [3.05, 3.63) is 59.5 Å². The van der Waals surface area contributed by atoms with Crippen LogP contribution < -0.4 is 9.47 Å². The topological polar surface area (TPSA) is 115 Å². The monoisotopic (exact) mass is 436 g/mol. The third-order valence-corrected chi connectivity index (χ3v) is 5.07. The lowest BCUT2D eigenvalue weighted by molar-refractivity contribution is -0.131. The van der Waals surface area contributed by atoms with E-state index in [1.54, 1.807) is 42.5 Å². The number of amides is 3. The molecule has 3 amide bonds. The number of imide groups is 1. The van der Waals surface area contributed by atoms with E-state index >= 15 is 0 Å². The van der Waals surface area contributed by atoms with Gasteiger partial charge in [-0.3, -0.25) is 19.3 Å². The van der Waals surface area contributed by atoms with Crippen LogP contribution in [0.25, 0.3) is 11.5 Å². The molecule has 164 valence electrons. The first-order valence-corrected chi connectivity index (χ1v) is 9.67. The van der Waals surface area contributed by atoms with Crippen molar-refractivity contribution in [2.24, 2.45) is 0 Å². The molecule has 2 aromatic carbocycles. The fourth-order valence-electron chi connectivity index (χ4n) is 3.33. The van der Waals surface area contributed by atoms with E-state index in [-0.39, 0.29) is 24.9 Å². The number of carbonyl (C=O) groups excluding carboxylic acids is 3. The second-order valence-corrected chi connectivity index (χ2v) is 7.06. The molecular formula is C22H20N4O6. The molecule has 10 nitrogen and oxygen atoms in total. The number of hydrogen-bond donors (Lipinski definition) is 0. The SMILES string of the molecule is COc1ccc(-c2nnc(CN(C)C(=O)CN3C(=O)c4ccccc4C3=O)o2)cc1OC. The van der Waals surface area contributed by atoms with Gasteiger partial charge in [0.25, 0.3) is 11.8 Å². The number of carbonyl (C=O) groups is 3. The first-order valence-electron chi connectivity index (χ1n) is 9.67. The minimum Gasteiger partial charge on any atom is -0.493 e. The van der Waals surface area contributed by atoms with Gasteiger partial charge < -0.3 is 18.8 Å². The van der Waals surface area contributed by atoms with E-state index in [4.69, 9.17) is 13.9 Å². The van der Waals surface area contributed by atoms with Crippen LogP contribution in [0.1, 0.15) is 26.6 Å². The van der Waals surface area contributed by atoms with Crippen LogP contribution in [0, 0.1) is 0 Å². The Morgan fingerprint density at radius 1 is 1.00 bits per heavy atom. The Kier molecular flexibility index (Phi) is 5.59. The van der Waals surface area contributed by atoms with Crippen molar-refractivity contribution in [3.63, 3.8) is 0 Å². The zero-order valence-corrected chi connectivity index (χ0v) is 17.7. The van der Waals surface area contributed by atoms with Gasteiger partial charge in [0.15, 0.2) is 11.5 Å². The van der Waals surface area contributed by atoms with Crippen molar-refractivity contribution in [1.82, 2.24) is 20.0 Å². The summed E-state index contributed by atoms with van der Waals surface area (Å²) in [5.41, 5.74) is 1.22. The third kappa shape index (κ3) is 3.78. The van der Waals surface area contributed by atoms with E-state index in [1.807, 2.05) is 0 Å². The lowest BCUT2D eigenvalue weighted by Gasteiger charge is -2.19. The predicted molar refractivity (Wildman–Crippen MR) is 111 cm³/mol. The molecule has 0 saturated heterocycles. The Balaban J connectivity index is 1.42. The highest BCUT2D eigenvalue weighted by molar-refractivity contribution is 6.22. The van der Waals surface area contributed by atoms with E-state index in [1.165, 1.54) is 26.2 Å². The molecule has 2 heterocycles. The molecular weight excluding hydrogens is 416 g/mol. The van der Waals surface area contributed by atoms with Crippen LogP contribution >= 0.6 is 0 Å². The smallest absolute Gasteiger partial charge is 0.262 e. The van der Waals surface area contributed by atoms with Crippen molar-refractivity contribution in [2.45, 2.75) is 6.54 Å². The summed E-state index contributed by atoms with van der Waals surface area (Å²) >= 11 is 0. The van der Waals surface area contributed by atoms with Gasteiger partial charge in [-0.1, -0.05) is 12.1 Å². The van der Waals surface area contributed by atoms with Gasteiger partial charge in [0.05, 0.1) is 31.9 Å². The summed E-state index contributed by atoms with van der Waals surface area (Å²) in [5.74, 6) is 0.120. The van der Waals surface area contributed by atoms with Crippen molar-refractivity contribution in [1.29, 1.82) is 0 Å². The minimum absolute atomic E-state index is 0.0162. The van der Waals surface area contributed by atoms with Crippen LogP contribution in [0.5, 0.6) is 11.5 Å². The maximum atomic E-state index is 12.6. The molecule has 1 aromatic heterocycles. The number of nitrogens with zero attached hydrogens (tertiary/aromatic N) is 4. The van der Waals surface area contributed by atoms with Gasteiger partial charge in [-0.2, -0.15) is 0 Å². The average molecular weight is 436 g/mol. The molecule has 0 saturated carbocycles.